The molecule has 0 aliphatic carbocycles. The summed E-state index contributed by atoms with van der Waals surface area (Å²) in [6, 6.07) is 8.53. The van der Waals surface area contributed by atoms with Gasteiger partial charge in [-0.1, -0.05) is 18.2 Å². The number of aromatic nitrogens is 1. The number of benzene rings is 1. The number of primary amides is 1. The van der Waals surface area contributed by atoms with Crippen molar-refractivity contribution < 1.29 is 18.0 Å². The fraction of sp³-hybridized carbons (Fsp3) is 0.455. The normalized spacial score (nSPS) is 20.0. The highest BCUT2D eigenvalue weighted by molar-refractivity contribution is 7.89. The van der Waals surface area contributed by atoms with E-state index in [1.54, 1.807) is 13.1 Å². The number of rotatable bonds is 7. The van der Waals surface area contributed by atoms with Crippen LogP contribution in [0.4, 0.5) is 5.69 Å². The molecule has 172 valence electrons. The number of nitrogens with two attached hydrogens (primary N) is 1. The number of hydrogen-bond donors (Lipinski definition) is 2. The zero-order chi connectivity index (χ0) is 22.9. The molecule has 4 rings (SSSR count). The molecule has 2 aliphatic rings. The molecule has 0 bridgehead atoms. The summed E-state index contributed by atoms with van der Waals surface area (Å²) in [6.07, 6.45) is 4.82. The van der Waals surface area contributed by atoms with Crippen LogP contribution in [0.2, 0.25) is 0 Å². The third-order valence-electron chi connectivity index (χ3n) is 6.25. The average Bonchev–Trinajstić information content (AvgIpc) is 3.50. The number of nitrogens with zero attached hydrogens (tertiary/aromatic N) is 3. The van der Waals surface area contributed by atoms with E-state index in [1.807, 2.05) is 23.1 Å². The Morgan fingerprint density at radius 1 is 1.12 bits per heavy atom. The standard InChI is InChI=1S/C22H29N5O4S/c1-25-15-17(32(30,31)27-11-4-5-12-27)13-20(25)22(29)24-18-8-3-2-7-16(18)14-26-10-6-9-19(26)21(23)28/h2-3,7-8,13,15,19H,4-6,9-12,14H2,1H3,(H2,23,28)(H,24,29). The molecule has 1 aromatic carbocycles. The summed E-state index contributed by atoms with van der Waals surface area (Å²) in [7, 11) is -1.94. The molecule has 32 heavy (non-hydrogen) atoms. The van der Waals surface area contributed by atoms with Gasteiger partial charge in [-0.25, -0.2) is 8.42 Å². The highest BCUT2D eigenvalue weighted by Gasteiger charge is 2.31. The maximum atomic E-state index is 13.0. The molecule has 0 radical (unpaired) electrons. The SMILES string of the molecule is Cn1cc(S(=O)(=O)N2CCCC2)cc1C(=O)Nc1ccccc1CN1CCCC1C(N)=O. The second-order valence-electron chi connectivity index (χ2n) is 8.43. The molecule has 2 aromatic rings. The summed E-state index contributed by atoms with van der Waals surface area (Å²) in [5.41, 5.74) is 7.28. The molecule has 2 aliphatic heterocycles. The van der Waals surface area contributed by atoms with Crippen LogP contribution >= 0.6 is 0 Å². The van der Waals surface area contributed by atoms with Crippen LogP contribution in [-0.4, -0.2) is 59.7 Å². The maximum Gasteiger partial charge on any atom is 0.272 e. The largest absolute Gasteiger partial charge is 0.368 e. The van der Waals surface area contributed by atoms with E-state index in [0.29, 0.717) is 25.3 Å². The van der Waals surface area contributed by atoms with Gasteiger partial charge in [0.05, 0.1) is 6.04 Å². The van der Waals surface area contributed by atoms with Crippen molar-refractivity contribution in [2.75, 3.05) is 25.0 Å². The van der Waals surface area contributed by atoms with Gasteiger partial charge in [0.25, 0.3) is 5.91 Å². The minimum atomic E-state index is -3.60. The van der Waals surface area contributed by atoms with Gasteiger partial charge < -0.3 is 15.6 Å². The van der Waals surface area contributed by atoms with E-state index in [1.165, 1.54) is 21.1 Å². The molecule has 0 spiro atoms. The lowest BCUT2D eigenvalue weighted by Crippen LogP contribution is -2.39. The van der Waals surface area contributed by atoms with Gasteiger partial charge in [0.1, 0.15) is 10.6 Å². The zero-order valence-corrected chi connectivity index (χ0v) is 19.0. The number of nitrogens with one attached hydrogen (secondary N) is 1. The molecular weight excluding hydrogens is 430 g/mol. The monoisotopic (exact) mass is 459 g/mol. The highest BCUT2D eigenvalue weighted by atomic mass is 32.2. The van der Waals surface area contributed by atoms with Crippen LogP contribution in [0.15, 0.2) is 41.4 Å². The molecule has 10 heteroatoms. The van der Waals surface area contributed by atoms with E-state index >= 15 is 0 Å². The predicted octanol–water partition coefficient (Wildman–Crippen LogP) is 1.51. The third-order valence-corrected chi connectivity index (χ3v) is 8.11. The quantitative estimate of drug-likeness (QED) is 0.651. The molecule has 3 heterocycles. The van der Waals surface area contributed by atoms with Crippen molar-refractivity contribution in [2.24, 2.45) is 12.8 Å². The van der Waals surface area contributed by atoms with Crippen molar-refractivity contribution in [2.45, 2.75) is 43.2 Å². The Bertz CT molecular complexity index is 1120. The number of para-hydroxylation sites is 1. The average molecular weight is 460 g/mol. The van der Waals surface area contributed by atoms with Crippen LogP contribution in [-0.2, 0) is 28.4 Å². The number of aryl methyl sites for hydroxylation is 1. The van der Waals surface area contributed by atoms with Gasteiger partial charge in [-0.05, 0) is 49.9 Å². The molecule has 2 amide bonds. The third kappa shape index (κ3) is 4.43. The minimum Gasteiger partial charge on any atom is -0.368 e. The maximum absolute atomic E-state index is 13.0. The molecule has 1 unspecified atom stereocenters. The fourth-order valence-corrected chi connectivity index (χ4v) is 6.09. The molecule has 1 aromatic heterocycles. The minimum absolute atomic E-state index is 0.127. The molecule has 3 N–H and O–H groups in total. The number of carbonyl (C=O) groups excluding carboxylic acids is 2. The summed E-state index contributed by atoms with van der Waals surface area (Å²) in [5, 5.41) is 2.91. The van der Waals surface area contributed by atoms with Crippen LogP contribution in [0, 0.1) is 0 Å². The Balaban J connectivity index is 1.53. The number of anilines is 1. The summed E-state index contributed by atoms with van der Waals surface area (Å²) in [4.78, 5) is 26.9. The first-order valence-electron chi connectivity index (χ1n) is 10.9. The van der Waals surface area contributed by atoms with Crippen molar-refractivity contribution >= 4 is 27.5 Å². The first-order chi connectivity index (χ1) is 15.3. The van der Waals surface area contributed by atoms with E-state index in [-0.39, 0.29) is 22.5 Å². The number of likely N-dealkylation sites (tertiary alicyclic amines) is 1. The summed E-state index contributed by atoms with van der Waals surface area (Å²) >= 11 is 0. The summed E-state index contributed by atoms with van der Waals surface area (Å²) in [6.45, 7) is 2.28. The van der Waals surface area contributed by atoms with Crippen molar-refractivity contribution in [1.82, 2.24) is 13.8 Å². The van der Waals surface area contributed by atoms with Crippen molar-refractivity contribution in [3.63, 3.8) is 0 Å². The van der Waals surface area contributed by atoms with Crippen molar-refractivity contribution in [1.29, 1.82) is 0 Å². The second-order valence-corrected chi connectivity index (χ2v) is 10.4. The molecule has 9 nitrogen and oxygen atoms in total. The van der Waals surface area contributed by atoms with Gasteiger partial charge in [-0.15, -0.1) is 0 Å². The van der Waals surface area contributed by atoms with Crippen LogP contribution in [0.25, 0.3) is 0 Å². The van der Waals surface area contributed by atoms with Gasteiger partial charge in [0.2, 0.25) is 15.9 Å². The Morgan fingerprint density at radius 3 is 2.56 bits per heavy atom. The van der Waals surface area contributed by atoms with Gasteiger partial charge in [-0.3, -0.25) is 14.5 Å². The van der Waals surface area contributed by atoms with Crippen LogP contribution in [0.3, 0.4) is 0 Å². The molecule has 2 saturated heterocycles. The second kappa shape index (κ2) is 9.05. The van der Waals surface area contributed by atoms with Crippen molar-refractivity contribution in [3.05, 3.63) is 47.8 Å². The van der Waals surface area contributed by atoms with Gasteiger partial charge in [-0.2, -0.15) is 4.31 Å². The Labute approximate surface area is 188 Å². The van der Waals surface area contributed by atoms with Gasteiger partial charge in [0, 0.05) is 38.6 Å². The Morgan fingerprint density at radius 2 is 1.84 bits per heavy atom. The Kier molecular flexibility index (Phi) is 6.36. The smallest absolute Gasteiger partial charge is 0.272 e. The highest BCUT2D eigenvalue weighted by Crippen LogP contribution is 2.26. The Hall–Kier alpha value is -2.69. The van der Waals surface area contributed by atoms with E-state index < -0.39 is 15.9 Å². The molecule has 2 fully saturated rings. The summed E-state index contributed by atoms with van der Waals surface area (Å²) in [5.74, 6) is -0.727. The zero-order valence-electron chi connectivity index (χ0n) is 18.2. The molecular formula is C22H29N5O4S. The van der Waals surface area contributed by atoms with E-state index in [9.17, 15) is 18.0 Å². The first-order valence-corrected chi connectivity index (χ1v) is 12.3. The number of sulfonamides is 1. The van der Waals surface area contributed by atoms with E-state index in [4.69, 9.17) is 5.73 Å². The molecule has 0 saturated carbocycles. The van der Waals surface area contributed by atoms with Gasteiger partial charge >= 0.3 is 0 Å². The van der Waals surface area contributed by atoms with E-state index in [2.05, 4.69) is 5.32 Å². The van der Waals surface area contributed by atoms with Crippen LogP contribution in [0.5, 0.6) is 0 Å². The number of amides is 2. The van der Waals surface area contributed by atoms with Gasteiger partial charge in [0.15, 0.2) is 0 Å². The van der Waals surface area contributed by atoms with Crippen molar-refractivity contribution in [3.8, 4) is 0 Å². The number of hydrogen-bond acceptors (Lipinski definition) is 5. The predicted molar refractivity (Wildman–Crippen MR) is 120 cm³/mol. The molecule has 1 atom stereocenters. The van der Waals surface area contributed by atoms with E-state index in [0.717, 1.165) is 37.8 Å². The van der Waals surface area contributed by atoms with Crippen LogP contribution in [0.1, 0.15) is 41.7 Å². The summed E-state index contributed by atoms with van der Waals surface area (Å²) < 4.78 is 28.7. The first kappa shape index (κ1) is 22.5. The lowest BCUT2D eigenvalue weighted by molar-refractivity contribution is -0.122. The topological polar surface area (TPSA) is 118 Å². The van der Waals surface area contributed by atoms with Crippen LogP contribution < -0.4 is 11.1 Å². The fourth-order valence-electron chi connectivity index (χ4n) is 4.50. The number of carbonyl (C=O) groups is 2. The lowest BCUT2D eigenvalue weighted by Gasteiger charge is -2.23. The lowest BCUT2D eigenvalue weighted by atomic mass is 10.1.